The highest BCUT2D eigenvalue weighted by Crippen LogP contribution is 2.23. The number of hydrogen-bond donors (Lipinski definition) is 2. The highest BCUT2D eigenvalue weighted by molar-refractivity contribution is 6.04. The number of amides is 2. The molecule has 8 heteroatoms. The Hall–Kier alpha value is -3.15. The van der Waals surface area contributed by atoms with E-state index in [1.807, 2.05) is 34.9 Å². The fraction of sp³-hybridized carbons (Fsp3) is 0.409. The van der Waals surface area contributed by atoms with E-state index in [4.69, 9.17) is 9.47 Å². The SMILES string of the molecule is COCCNC(=O)/C(C#N)=C/c1cn(CC(=O)NC[C@H]2CCCO2)c2ccccc12. The molecule has 1 saturated heterocycles. The standard InChI is InChI=1S/C22H26N4O4/c1-29-10-8-24-22(28)16(12-23)11-17-14-26(20-7-3-2-6-19(17)20)15-21(27)25-13-18-5-4-9-30-18/h2-3,6-7,11,14,18H,4-5,8-10,13,15H2,1H3,(H,24,28)(H,25,27)/b16-11+/t18-/m1/s1. The molecule has 2 heterocycles. The van der Waals surface area contributed by atoms with Crippen LogP contribution < -0.4 is 10.6 Å². The van der Waals surface area contributed by atoms with Crippen LogP contribution >= 0.6 is 0 Å². The number of hydrogen-bond acceptors (Lipinski definition) is 5. The van der Waals surface area contributed by atoms with Gasteiger partial charge in [0.15, 0.2) is 0 Å². The third kappa shape index (κ3) is 5.47. The summed E-state index contributed by atoms with van der Waals surface area (Å²) in [5.74, 6) is -0.569. The smallest absolute Gasteiger partial charge is 0.262 e. The normalized spacial score (nSPS) is 16.4. The van der Waals surface area contributed by atoms with Gasteiger partial charge in [0.2, 0.25) is 5.91 Å². The number of methoxy groups -OCH3 is 1. The van der Waals surface area contributed by atoms with Gasteiger partial charge in [0.05, 0.1) is 12.7 Å². The van der Waals surface area contributed by atoms with Crippen LogP contribution in [-0.4, -0.2) is 55.9 Å². The number of ether oxygens (including phenoxy) is 2. The summed E-state index contributed by atoms with van der Waals surface area (Å²) in [7, 11) is 1.54. The van der Waals surface area contributed by atoms with E-state index in [0.717, 1.165) is 30.4 Å². The first-order chi connectivity index (χ1) is 14.6. The summed E-state index contributed by atoms with van der Waals surface area (Å²) in [5.41, 5.74) is 1.56. The molecule has 2 N–H and O–H groups in total. The van der Waals surface area contributed by atoms with Crippen LogP contribution in [0.5, 0.6) is 0 Å². The summed E-state index contributed by atoms with van der Waals surface area (Å²) in [6, 6.07) is 9.53. The van der Waals surface area contributed by atoms with Gasteiger partial charge in [0.25, 0.3) is 5.91 Å². The third-order valence-electron chi connectivity index (χ3n) is 4.94. The Bertz CT molecular complexity index is 967. The molecule has 1 fully saturated rings. The van der Waals surface area contributed by atoms with Gasteiger partial charge in [-0.05, 0) is 25.0 Å². The first-order valence-electron chi connectivity index (χ1n) is 9.97. The maximum Gasteiger partial charge on any atom is 0.262 e. The number of para-hydroxylation sites is 1. The van der Waals surface area contributed by atoms with Crippen LogP contribution in [0.1, 0.15) is 18.4 Å². The Balaban J connectivity index is 1.76. The molecule has 0 aliphatic carbocycles. The number of carbonyl (C=O) groups is 2. The van der Waals surface area contributed by atoms with Crippen molar-refractivity contribution in [2.45, 2.75) is 25.5 Å². The van der Waals surface area contributed by atoms with Gasteiger partial charge in [0.1, 0.15) is 18.2 Å². The first kappa shape index (κ1) is 21.6. The molecule has 158 valence electrons. The van der Waals surface area contributed by atoms with Crippen LogP contribution in [0.25, 0.3) is 17.0 Å². The van der Waals surface area contributed by atoms with Gasteiger partial charge in [-0.25, -0.2) is 0 Å². The Labute approximate surface area is 175 Å². The topological polar surface area (TPSA) is 105 Å². The van der Waals surface area contributed by atoms with Crippen molar-refractivity contribution in [2.75, 3.05) is 33.4 Å². The van der Waals surface area contributed by atoms with Gasteiger partial charge in [-0.1, -0.05) is 18.2 Å². The summed E-state index contributed by atoms with van der Waals surface area (Å²) in [6.45, 7) is 2.08. The molecule has 1 aromatic carbocycles. The minimum atomic E-state index is -0.458. The molecule has 2 aromatic rings. The van der Waals surface area contributed by atoms with Crippen molar-refractivity contribution in [1.82, 2.24) is 15.2 Å². The lowest BCUT2D eigenvalue weighted by Crippen LogP contribution is -2.34. The molecule has 30 heavy (non-hydrogen) atoms. The van der Waals surface area contributed by atoms with Crippen LogP contribution in [0.2, 0.25) is 0 Å². The number of nitrogens with one attached hydrogen (secondary N) is 2. The molecule has 3 rings (SSSR count). The quantitative estimate of drug-likeness (QED) is 0.371. The van der Waals surface area contributed by atoms with Crippen LogP contribution in [0.4, 0.5) is 0 Å². The molecular weight excluding hydrogens is 384 g/mol. The molecular formula is C22H26N4O4. The van der Waals surface area contributed by atoms with E-state index in [1.165, 1.54) is 0 Å². The van der Waals surface area contributed by atoms with Gasteiger partial charge in [-0.15, -0.1) is 0 Å². The molecule has 1 aromatic heterocycles. The average Bonchev–Trinajstić information content (AvgIpc) is 3.39. The molecule has 0 bridgehead atoms. The van der Waals surface area contributed by atoms with Crippen LogP contribution in [-0.2, 0) is 25.6 Å². The van der Waals surface area contributed by atoms with E-state index >= 15 is 0 Å². The van der Waals surface area contributed by atoms with Gasteiger partial charge in [-0.2, -0.15) is 5.26 Å². The van der Waals surface area contributed by atoms with Gasteiger partial charge in [0, 0.05) is 49.5 Å². The van der Waals surface area contributed by atoms with Gasteiger partial charge < -0.3 is 24.7 Å². The van der Waals surface area contributed by atoms with Crippen LogP contribution in [0.15, 0.2) is 36.0 Å². The second kappa shape index (κ2) is 10.6. The van der Waals surface area contributed by atoms with Gasteiger partial charge >= 0.3 is 0 Å². The third-order valence-corrected chi connectivity index (χ3v) is 4.94. The minimum Gasteiger partial charge on any atom is -0.383 e. The summed E-state index contributed by atoms with van der Waals surface area (Å²) in [4.78, 5) is 24.7. The first-order valence-corrected chi connectivity index (χ1v) is 9.97. The molecule has 8 nitrogen and oxygen atoms in total. The lowest BCUT2D eigenvalue weighted by atomic mass is 10.1. The predicted molar refractivity (Wildman–Crippen MR) is 112 cm³/mol. The van der Waals surface area contributed by atoms with E-state index in [9.17, 15) is 14.9 Å². The van der Waals surface area contributed by atoms with E-state index < -0.39 is 5.91 Å². The number of nitrogens with zero attached hydrogens (tertiary/aromatic N) is 2. The largest absolute Gasteiger partial charge is 0.383 e. The van der Waals surface area contributed by atoms with Crippen molar-refractivity contribution in [3.8, 4) is 6.07 Å². The second-order valence-corrected chi connectivity index (χ2v) is 7.09. The molecule has 0 saturated carbocycles. The molecule has 0 unspecified atom stereocenters. The second-order valence-electron chi connectivity index (χ2n) is 7.09. The number of aromatic nitrogens is 1. The zero-order valence-corrected chi connectivity index (χ0v) is 17.0. The van der Waals surface area contributed by atoms with Crippen LogP contribution in [0.3, 0.4) is 0 Å². The van der Waals surface area contributed by atoms with E-state index in [-0.39, 0.29) is 24.1 Å². The lowest BCUT2D eigenvalue weighted by Gasteiger charge is -2.11. The molecule has 1 aliphatic rings. The molecule has 1 aliphatic heterocycles. The fourth-order valence-corrected chi connectivity index (χ4v) is 3.43. The van der Waals surface area contributed by atoms with Crippen molar-refractivity contribution in [3.05, 3.63) is 41.6 Å². The van der Waals surface area contributed by atoms with Gasteiger partial charge in [-0.3, -0.25) is 9.59 Å². The molecule has 0 radical (unpaired) electrons. The van der Waals surface area contributed by atoms with Crippen molar-refractivity contribution >= 4 is 28.8 Å². The number of benzene rings is 1. The Morgan fingerprint density at radius 3 is 2.93 bits per heavy atom. The number of nitriles is 1. The number of rotatable bonds is 9. The van der Waals surface area contributed by atoms with E-state index in [1.54, 1.807) is 19.4 Å². The average molecular weight is 410 g/mol. The lowest BCUT2D eigenvalue weighted by molar-refractivity contribution is -0.122. The molecule has 1 atom stereocenters. The summed E-state index contributed by atoms with van der Waals surface area (Å²) >= 11 is 0. The maximum atomic E-state index is 12.4. The molecule has 2 amide bonds. The van der Waals surface area contributed by atoms with Crippen molar-refractivity contribution in [1.29, 1.82) is 5.26 Å². The molecule has 0 spiro atoms. The van der Waals surface area contributed by atoms with Crippen molar-refractivity contribution < 1.29 is 19.1 Å². The maximum absolute atomic E-state index is 12.4. The minimum absolute atomic E-state index is 0.00293. The highest BCUT2D eigenvalue weighted by Gasteiger charge is 2.17. The zero-order chi connectivity index (χ0) is 21.3. The Morgan fingerprint density at radius 2 is 2.20 bits per heavy atom. The number of carbonyl (C=O) groups excluding carboxylic acids is 2. The summed E-state index contributed by atoms with van der Waals surface area (Å²) in [5, 5.41) is 15.8. The van der Waals surface area contributed by atoms with E-state index in [0.29, 0.717) is 25.3 Å². The predicted octanol–water partition coefficient (Wildman–Crippen LogP) is 1.61. The zero-order valence-electron chi connectivity index (χ0n) is 17.0. The summed E-state index contributed by atoms with van der Waals surface area (Å²) < 4.78 is 12.3. The van der Waals surface area contributed by atoms with Crippen LogP contribution in [0, 0.1) is 11.3 Å². The monoisotopic (exact) mass is 410 g/mol. The fourth-order valence-electron chi connectivity index (χ4n) is 3.43. The summed E-state index contributed by atoms with van der Waals surface area (Å²) in [6.07, 6.45) is 5.41. The van der Waals surface area contributed by atoms with Crippen molar-refractivity contribution in [2.24, 2.45) is 0 Å². The number of fused-ring (bicyclic) bond motifs is 1. The van der Waals surface area contributed by atoms with E-state index in [2.05, 4.69) is 10.6 Å². The highest BCUT2D eigenvalue weighted by atomic mass is 16.5. The Morgan fingerprint density at radius 1 is 1.37 bits per heavy atom. The van der Waals surface area contributed by atoms with Crippen molar-refractivity contribution in [3.63, 3.8) is 0 Å². The Kier molecular flexibility index (Phi) is 7.60.